The van der Waals surface area contributed by atoms with Crippen LogP contribution in [0.25, 0.3) is 16.9 Å². The number of carbonyl (C=O) groups is 1. The van der Waals surface area contributed by atoms with Gasteiger partial charge in [-0.3, -0.25) is 4.79 Å². The number of anilines is 1. The van der Waals surface area contributed by atoms with Crippen molar-refractivity contribution in [2.75, 3.05) is 25.0 Å². The first kappa shape index (κ1) is 24.9. The Hall–Kier alpha value is -2.74. The molecule has 0 radical (unpaired) electrons. The maximum absolute atomic E-state index is 13.0. The number of aromatic nitrogens is 3. The first-order chi connectivity index (χ1) is 17.4. The average Bonchev–Trinajstić information content (AvgIpc) is 3.26. The molecule has 0 spiro atoms. The Morgan fingerprint density at radius 3 is 2.72 bits per heavy atom. The highest BCUT2D eigenvalue weighted by molar-refractivity contribution is 6.42. The number of carbonyl (C=O) groups excluding carboxylic acids is 1. The fourth-order valence-electron chi connectivity index (χ4n) is 4.65. The van der Waals surface area contributed by atoms with E-state index < -0.39 is 0 Å². The zero-order valence-corrected chi connectivity index (χ0v) is 22.1. The molecule has 2 aromatic carbocycles. The van der Waals surface area contributed by atoms with E-state index in [2.05, 4.69) is 10.4 Å². The van der Waals surface area contributed by atoms with E-state index in [1.807, 2.05) is 59.9 Å². The standard InChI is InChI=1S/C26H25BCl3N5O/c27-19-14-32-35-24(12-23(33-26(19)35)18-5-1-2-6-20(18)28)31-13-17-4-3-9-34(15-17)25(36)11-16-7-8-21(29)22(30)10-16/h1-2,5-8,10,12,14,17,31H,3-4,9,11,13,15,27H2. The summed E-state index contributed by atoms with van der Waals surface area (Å²) >= 11 is 18.6. The van der Waals surface area contributed by atoms with E-state index in [-0.39, 0.29) is 5.91 Å². The predicted octanol–water partition coefficient (Wildman–Crippen LogP) is 4.51. The van der Waals surface area contributed by atoms with Crippen LogP contribution in [0.4, 0.5) is 5.82 Å². The molecule has 6 nitrogen and oxygen atoms in total. The number of halogens is 3. The van der Waals surface area contributed by atoms with E-state index in [9.17, 15) is 4.79 Å². The average molecular weight is 541 g/mol. The maximum atomic E-state index is 13.0. The van der Waals surface area contributed by atoms with Crippen LogP contribution in [0.2, 0.25) is 15.1 Å². The summed E-state index contributed by atoms with van der Waals surface area (Å²) in [5, 5.41) is 9.70. The molecule has 1 unspecified atom stereocenters. The molecule has 5 rings (SSSR count). The minimum atomic E-state index is 0.105. The van der Waals surface area contributed by atoms with Gasteiger partial charge in [-0.15, -0.1) is 0 Å². The molecule has 1 amide bonds. The number of hydrogen-bond donors (Lipinski definition) is 1. The van der Waals surface area contributed by atoms with Gasteiger partial charge >= 0.3 is 0 Å². The third-order valence-electron chi connectivity index (χ3n) is 6.58. The van der Waals surface area contributed by atoms with Crippen LogP contribution < -0.4 is 10.8 Å². The number of fused-ring (bicyclic) bond motifs is 1. The van der Waals surface area contributed by atoms with Gasteiger partial charge in [-0.2, -0.15) is 9.61 Å². The van der Waals surface area contributed by atoms with Crippen molar-refractivity contribution in [3.05, 3.63) is 75.4 Å². The molecule has 1 aliphatic heterocycles. The van der Waals surface area contributed by atoms with Gasteiger partial charge in [-0.05, 0) is 48.0 Å². The quantitative estimate of drug-likeness (QED) is 0.366. The largest absolute Gasteiger partial charge is 0.370 e. The Balaban J connectivity index is 1.30. The van der Waals surface area contributed by atoms with Crippen molar-refractivity contribution in [3.8, 4) is 11.3 Å². The number of piperidine rings is 1. The molecule has 36 heavy (non-hydrogen) atoms. The third-order valence-corrected chi connectivity index (χ3v) is 7.65. The van der Waals surface area contributed by atoms with Crippen molar-refractivity contribution in [2.24, 2.45) is 5.92 Å². The SMILES string of the molecule is Bc1cnn2c(NCC3CCCN(C(=O)Cc4ccc(Cl)c(Cl)c4)C3)cc(-c3ccccc3Cl)nc12. The smallest absolute Gasteiger partial charge is 0.227 e. The summed E-state index contributed by atoms with van der Waals surface area (Å²) in [5.41, 5.74) is 4.32. The van der Waals surface area contributed by atoms with E-state index in [0.717, 1.165) is 59.7 Å². The van der Waals surface area contributed by atoms with Crippen LogP contribution in [0.5, 0.6) is 0 Å². The molecule has 1 saturated heterocycles. The minimum absolute atomic E-state index is 0.105. The van der Waals surface area contributed by atoms with Gasteiger partial charge in [0.05, 0.1) is 22.2 Å². The molecular weight excluding hydrogens is 515 g/mol. The molecule has 1 N–H and O–H groups in total. The van der Waals surface area contributed by atoms with Crippen LogP contribution in [0.1, 0.15) is 18.4 Å². The lowest BCUT2D eigenvalue weighted by molar-refractivity contribution is -0.132. The molecule has 2 aromatic heterocycles. The van der Waals surface area contributed by atoms with E-state index in [1.54, 1.807) is 12.1 Å². The van der Waals surface area contributed by atoms with Gasteiger partial charge in [0, 0.05) is 42.5 Å². The minimum Gasteiger partial charge on any atom is -0.370 e. The molecule has 10 heteroatoms. The van der Waals surface area contributed by atoms with Crippen molar-refractivity contribution in [2.45, 2.75) is 19.3 Å². The van der Waals surface area contributed by atoms with Gasteiger partial charge < -0.3 is 10.2 Å². The van der Waals surface area contributed by atoms with Gasteiger partial charge in [-0.25, -0.2) is 4.98 Å². The Morgan fingerprint density at radius 2 is 1.92 bits per heavy atom. The second-order valence-electron chi connectivity index (χ2n) is 9.22. The highest BCUT2D eigenvalue weighted by Crippen LogP contribution is 2.29. The monoisotopic (exact) mass is 539 g/mol. The van der Waals surface area contributed by atoms with Crippen LogP contribution in [0, 0.1) is 5.92 Å². The Kier molecular flexibility index (Phi) is 7.42. The van der Waals surface area contributed by atoms with Crippen molar-refractivity contribution >= 4 is 65.5 Å². The van der Waals surface area contributed by atoms with E-state index in [4.69, 9.17) is 39.8 Å². The maximum Gasteiger partial charge on any atom is 0.227 e. The number of nitrogens with one attached hydrogen (secondary N) is 1. The summed E-state index contributed by atoms with van der Waals surface area (Å²) in [6, 6.07) is 15.0. The molecule has 184 valence electrons. The fourth-order valence-corrected chi connectivity index (χ4v) is 5.20. The molecule has 1 atom stereocenters. The highest BCUT2D eigenvalue weighted by atomic mass is 35.5. The van der Waals surface area contributed by atoms with Gasteiger partial charge in [0.1, 0.15) is 13.7 Å². The zero-order valence-electron chi connectivity index (χ0n) is 19.8. The predicted molar refractivity (Wildman–Crippen MR) is 150 cm³/mol. The molecule has 0 bridgehead atoms. The number of nitrogens with zero attached hydrogens (tertiary/aromatic N) is 4. The zero-order chi connectivity index (χ0) is 25.2. The summed E-state index contributed by atoms with van der Waals surface area (Å²) in [6.07, 6.45) is 4.15. The summed E-state index contributed by atoms with van der Waals surface area (Å²) < 4.78 is 1.83. The second-order valence-corrected chi connectivity index (χ2v) is 10.4. The number of benzene rings is 2. The van der Waals surface area contributed by atoms with Gasteiger partial charge in [0.2, 0.25) is 5.91 Å². The molecular formula is C26H25BCl3N5O. The number of likely N-dealkylation sites (tertiary alicyclic amines) is 1. The number of amides is 1. The first-order valence-corrected chi connectivity index (χ1v) is 13.1. The van der Waals surface area contributed by atoms with Gasteiger partial charge in [-0.1, -0.05) is 59.1 Å². The first-order valence-electron chi connectivity index (χ1n) is 11.9. The van der Waals surface area contributed by atoms with Crippen molar-refractivity contribution in [1.29, 1.82) is 0 Å². The number of rotatable bonds is 6. The van der Waals surface area contributed by atoms with Crippen LogP contribution >= 0.6 is 34.8 Å². The number of hydrogen-bond acceptors (Lipinski definition) is 4. The lowest BCUT2D eigenvalue weighted by atomic mass is 9.97. The highest BCUT2D eigenvalue weighted by Gasteiger charge is 2.24. The normalized spacial score (nSPS) is 15.9. The summed E-state index contributed by atoms with van der Waals surface area (Å²) in [4.78, 5) is 19.8. The molecule has 1 aliphatic rings. The molecule has 0 aliphatic carbocycles. The fraction of sp³-hybridized carbons (Fsp3) is 0.269. The lowest BCUT2D eigenvalue weighted by Gasteiger charge is -2.33. The van der Waals surface area contributed by atoms with Crippen molar-refractivity contribution < 1.29 is 4.79 Å². The Bertz CT molecular complexity index is 1430. The van der Waals surface area contributed by atoms with Crippen LogP contribution in [0.15, 0.2) is 54.7 Å². The molecule has 4 aromatic rings. The summed E-state index contributed by atoms with van der Waals surface area (Å²) in [5.74, 6) is 1.27. The summed E-state index contributed by atoms with van der Waals surface area (Å²) in [6.45, 7) is 2.19. The van der Waals surface area contributed by atoms with E-state index in [0.29, 0.717) is 34.0 Å². The van der Waals surface area contributed by atoms with Crippen LogP contribution in [-0.2, 0) is 11.2 Å². The van der Waals surface area contributed by atoms with Crippen LogP contribution in [-0.4, -0.2) is 52.9 Å². The Labute approximate surface area is 226 Å². The Morgan fingerprint density at radius 1 is 1.08 bits per heavy atom. The van der Waals surface area contributed by atoms with E-state index in [1.165, 1.54) is 0 Å². The van der Waals surface area contributed by atoms with Crippen molar-refractivity contribution in [1.82, 2.24) is 19.5 Å². The van der Waals surface area contributed by atoms with Gasteiger partial charge in [0.15, 0.2) is 5.65 Å². The molecule has 1 fully saturated rings. The van der Waals surface area contributed by atoms with Gasteiger partial charge in [0.25, 0.3) is 0 Å². The topological polar surface area (TPSA) is 62.5 Å². The summed E-state index contributed by atoms with van der Waals surface area (Å²) in [7, 11) is 1.99. The van der Waals surface area contributed by atoms with Crippen LogP contribution in [0.3, 0.4) is 0 Å². The van der Waals surface area contributed by atoms with Crippen molar-refractivity contribution in [3.63, 3.8) is 0 Å². The molecule has 3 heterocycles. The molecule has 0 saturated carbocycles. The van der Waals surface area contributed by atoms with E-state index >= 15 is 0 Å². The third kappa shape index (κ3) is 5.34. The second kappa shape index (κ2) is 10.7. The lowest BCUT2D eigenvalue weighted by Crippen LogP contribution is -2.42.